The highest BCUT2D eigenvalue weighted by Gasteiger charge is 1.96. The first-order chi connectivity index (χ1) is 6.58. The number of hydrogen-bond acceptors (Lipinski definition) is 3. The third kappa shape index (κ3) is 3.32. The van der Waals surface area contributed by atoms with Crippen LogP contribution < -0.4 is 11.5 Å². The van der Waals surface area contributed by atoms with E-state index in [9.17, 15) is 0 Å². The predicted molar refractivity (Wildman–Crippen MR) is 55.7 cm³/mol. The normalized spacial score (nSPS) is 11.1. The standard InChI is InChI=1S/C8H9ClN4O/c9-5-1-3-6(4-2-5)13-8(12)14-7(10)11/h1-4H,(H3,10,11)(H2,12,13). The number of hydrogen-bond donors (Lipinski definition) is 3. The van der Waals surface area contributed by atoms with Crippen molar-refractivity contribution in [1.29, 1.82) is 5.41 Å². The van der Waals surface area contributed by atoms with E-state index in [-0.39, 0.29) is 6.02 Å². The summed E-state index contributed by atoms with van der Waals surface area (Å²) in [4.78, 5) is 3.83. The van der Waals surface area contributed by atoms with Gasteiger partial charge in [-0.15, -0.1) is 0 Å². The van der Waals surface area contributed by atoms with E-state index >= 15 is 0 Å². The first-order valence-corrected chi connectivity index (χ1v) is 4.07. The summed E-state index contributed by atoms with van der Waals surface area (Å²) < 4.78 is 4.54. The van der Waals surface area contributed by atoms with E-state index in [2.05, 4.69) is 9.73 Å². The van der Waals surface area contributed by atoms with E-state index in [1.165, 1.54) is 0 Å². The summed E-state index contributed by atoms with van der Waals surface area (Å²) in [5, 5.41) is 7.40. The van der Waals surface area contributed by atoms with Crippen LogP contribution in [0.25, 0.3) is 0 Å². The Morgan fingerprint density at radius 2 is 1.86 bits per heavy atom. The van der Waals surface area contributed by atoms with E-state index < -0.39 is 6.02 Å². The van der Waals surface area contributed by atoms with Gasteiger partial charge in [0, 0.05) is 5.02 Å². The fourth-order valence-corrected chi connectivity index (χ4v) is 0.904. The van der Waals surface area contributed by atoms with E-state index in [0.717, 1.165) is 0 Å². The number of ether oxygens (including phenoxy) is 1. The molecule has 0 heterocycles. The van der Waals surface area contributed by atoms with Crippen LogP contribution in [0.1, 0.15) is 0 Å². The summed E-state index contributed by atoms with van der Waals surface area (Å²) in [7, 11) is 0. The second-order valence-electron chi connectivity index (χ2n) is 2.39. The van der Waals surface area contributed by atoms with Crippen molar-refractivity contribution in [3.63, 3.8) is 0 Å². The van der Waals surface area contributed by atoms with Crippen molar-refractivity contribution in [3.05, 3.63) is 29.3 Å². The van der Waals surface area contributed by atoms with Gasteiger partial charge in [0.1, 0.15) is 0 Å². The molecule has 0 atom stereocenters. The Morgan fingerprint density at radius 3 is 2.36 bits per heavy atom. The number of halogens is 1. The third-order valence-corrected chi connectivity index (χ3v) is 1.53. The number of nitrogens with two attached hydrogens (primary N) is 2. The highest BCUT2D eigenvalue weighted by Crippen LogP contribution is 2.15. The van der Waals surface area contributed by atoms with Crippen LogP contribution in [0.3, 0.4) is 0 Å². The molecule has 0 aliphatic rings. The summed E-state index contributed by atoms with van der Waals surface area (Å²) in [5.41, 5.74) is 10.8. The van der Waals surface area contributed by atoms with Gasteiger partial charge in [0.15, 0.2) is 0 Å². The quantitative estimate of drug-likeness (QED) is 0.482. The van der Waals surface area contributed by atoms with Gasteiger partial charge < -0.3 is 16.2 Å². The van der Waals surface area contributed by atoms with Crippen LogP contribution in [-0.2, 0) is 4.74 Å². The molecule has 1 aromatic rings. The van der Waals surface area contributed by atoms with Crippen molar-refractivity contribution in [2.24, 2.45) is 16.5 Å². The van der Waals surface area contributed by atoms with Gasteiger partial charge >= 0.3 is 0 Å². The molecule has 0 fully saturated rings. The molecule has 14 heavy (non-hydrogen) atoms. The molecule has 0 amide bonds. The Balaban J connectivity index is 2.76. The average Bonchev–Trinajstić information content (AvgIpc) is 2.07. The number of benzene rings is 1. The maximum atomic E-state index is 6.80. The molecule has 0 radical (unpaired) electrons. The topological polar surface area (TPSA) is 97.5 Å². The van der Waals surface area contributed by atoms with Crippen molar-refractivity contribution in [2.45, 2.75) is 0 Å². The van der Waals surface area contributed by atoms with Gasteiger partial charge in [0.25, 0.3) is 12.0 Å². The number of nitrogens with one attached hydrogen (secondary N) is 1. The van der Waals surface area contributed by atoms with Gasteiger partial charge in [-0.1, -0.05) is 11.6 Å². The Bertz CT molecular complexity index is 360. The summed E-state index contributed by atoms with van der Waals surface area (Å²) in [6, 6.07) is 5.99. The van der Waals surface area contributed by atoms with Crippen molar-refractivity contribution in [3.8, 4) is 0 Å². The lowest BCUT2D eigenvalue weighted by atomic mass is 10.3. The molecule has 0 bridgehead atoms. The Labute approximate surface area is 85.8 Å². The van der Waals surface area contributed by atoms with Gasteiger partial charge in [0.05, 0.1) is 5.69 Å². The molecule has 1 aromatic carbocycles. The minimum atomic E-state index is -0.500. The molecular formula is C8H9ClN4O. The van der Waals surface area contributed by atoms with Crippen LogP contribution in [0.15, 0.2) is 29.3 Å². The van der Waals surface area contributed by atoms with Crippen LogP contribution in [0, 0.1) is 5.41 Å². The lowest BCUT2D eigenvalue weighted by molar-refractivity contribution is 0.523. The minimum Gasteiger partial charge on any atom is -0.393 e. The zero-order valence-corrected chi connectivity index (χ0v) is 7.95. The van der Waals surface area contributed by atoms with Crippen LogP contribution in [-0.4, -0.2) is 12.0 Å². The minimum absolute atomic E-state index is 0.181. The second-order valence-corrected chi connectivity index (χ2v) is 2.83. The molecule has 0 spiro atoms. The van der Waals surface area contributed by atoms with Gasteiger partial charge in [-0.2, -0.15) is 4.99 Å². The zero-order chi connectivity index (χ0) is 10.6. The second kappa shape index (κ2) is 4.48. The number of amidine groups is 2. The van der Waals surface area contributed by atoms with Crippen LogP contribution in [0.2, 0.25) is 5.02 Å². The Hall–Kier alpha value is -1.75. The molecule has 6 heteroatoms. The zero-order valence-electron chi connectivity index (χ0n) is 7.20. The van der Waals surface area contributed by atoms with E-state index in [1.807, 2.05) is 0 Å². The van der Waals surface area contributed by atoms with Gasteiger partial charge in [0.2, 0.25) is 0 Å². The van der Waals surface area contributed by atoms with Crippen molar-refractivity contribution in [1.82, 2.24) is 0 Å². The van der Waals surface area contributed by atoms with E-state index in [0.29, 0.717) is 10.7 Å². The third-order valence-electron chi connectivity index (χ3n) is 1.28. The molecule has 5 N–H and O–H groups in total. The Kier molecular flexibility index (Phi) is 3.30. The number of nitrogens with zero attached hydrogens (tertiary/aromatic N) is 1. The highest BCUT2D eigenvalue weighted by atomic mass is 35.5. The molecule has 0 unspecified atom stereocenters. The maximum absolute atomic E-state index is 6.80. The van der Waals surface area contributed by atoms with Crippen molar-refractivity contribution in [2.75, 3.05) is 0 Å². The average molecular weight is 213 g/mol. The van der Waals surface area contributed by atoms with Gasteiger partial charge in [-0.05, 0) is 24.3 Å². The molecule has 0 saturated carbocycles. The van der Waals surface area contributed by atoms with Gasteiger partial charge in [-0.3, -0.25) is 5.41 Å². The fraction of sp³-hybridized carbons (Fsp3) is 0. The van der Waals surface area contributed by atoms with Gasteiger partial charge in [-0.25, -0.2) is 0 Å². The lowest BCUT2D eigenvalue weighted by Crippen LogP contribution is -2.25. The van der Waals surface area contributed by atoms with Crippen LogP contribution >= 0.6 is 11.6 Å². The summed E-state index contributed by atoms with van der Waals surface area (Å²) >= 11 is 5.67. The summed E-state index contributed by atoms with van der Waals surface area (Å²) in [6.07, 6.45) is 0. The van der Waals surface area contributed by atoms with Crippen molar-refractivity contribution < 1.29 is 4.74 Å². The summed E-state index contributed by atoms with van der Waals surface area (Å²) in [6.45, 7) is 0. The van der Waals surface area contributed by atoms with E-state index in [4.69, 9.17) is 28.5 Å². The molecule has 5 nitrogen and oxygen atoms in total. The first-order valence-electron chi connectivity index (χ1n) is 3.69. The van der Waals surface area contributed by atoms with Crippen LogP contribution in [0.5, 0.6) is 0 Å². The lowest BCUT2D eigenvalue weighted by Gasteiger charge is -2.00. The Morgan fingerprint density at radius 1 is 1.29 bits per heavy atom. The molecule has 0 saturated heterocycles. The first kappa shape index (κ1) is 10.3. The molecule has 1 rings (SSSR count). The SMILES string of the molecule is N=C(N)OC(N)=Nc1ccc(Cl)cc1. The molecular weight excluding hydrogens is 204 g/mol. The van der Waals surface area contributed by atoms with Crippen molar-refractivity contribution >= 4 is 29.3 Å². The highest BCUT2D eigenvalue weighted by molar-refractivity contribution is 6.30. The summed E-state index contributed by atoms with van der Waals surface area (Å²) in [5.74, 6) is 0. The predicted octanol–water partition coefficient (Wildman–Crippen LogP) is 1.20. The monoisotopic (exact) mass is 212 g/mol. The number of aliphatic imine (C=N–C) groups is 1. The number of rotatable bonds is 1. The fourth-order valence-electron chi connectivity index (χ4n) is 0.778. The molecule has 0 aromatic heterocycles. The molecule has 0 aliphatic heterocycles. The maximum Gasteiger partial charge on any atom is 0.295 e. The molecule has 74 valence electrons. The van der Waals surface area contributed by atoms with Crippen LogP contribution in [0.4, 0.5) is 5.69 Å². The molecule has 0 aliphatic carbocycles. The smallest absolute Gasteiger partial charge is 0.295 e. The largest absolute Gasteiger partial charge is 0.393 e. The van der Waals surface area contributed by atoms with E-state index in [1.54, 1.807) is 24.3 Å².